The number of benzene rings is 2. The van der Waals surface area contributed by atoms with E-state index in [1.54, 1.807) is 6.08 Å². The molecule has 0 saturated heterocycles. The Balaban J connectivity index is 2.59. The van der Waals surface area contributed by atoms with Crippen LogP contribution < -0.4 is 0 Å². The molecule has 0 N–H and O–H groups in total. The predicted octanol–water partition coefficient (Wildman–Crippen LogP) is 3.67. The minimum absolute atomic E-state index is 0.112. The van der Waals surface area contributed by atoms with Crippen molar-refractivity contribution in [2.24, 2.45) is 0 Å². The van der Waals surface area contributed by atoms with E-state index in [4.69, 9.17) is 0 Å². The average Bonchev–Trinajstić information content (AvgIpc) is 2.30. The normalized spacial score (nSPS) is 13.5. The Morgan fingerprint density at radius 2 is 1.88 bits per heavy atom. The van der Waals surface area contributed by atoms with Gasteiger partial charge < -0.3 is 0 Å². The molecule has 0 amide bonds. The molecule has 0 unspecified atom stereocenters. The highest BCUT2D eigenvalue weighted by Gasteiger charge is 2.16. The van der Waals surface area contributed by atoms with Gasteiger partial charge in [0, 0.05) is 10.9 Å². The molecule has 16 heavy (non-hydrogen) atoms. The molecule has 1 aliphatic carbocycles. The number of rotatable bonds is 0. The number of hydrogen-bond donors (Lipinski definition) is 0. The largest absolute Gasteiger partial charge is 0.289 e. The third-order valence-corrected chi connectivity index (χ3v) is 3.40. The summed E-state index contributed by atoms with van der Waals surface area (Å²) in [6.45, 7) is 4.23. The maximum absolute atomic E-state index is 11.8. The molecule has 78 valence electrons. The predicted molar refractivity (Wildman–Crippen MR) is 66.8 cm³/mol. The van der Waals surface area contributed by atoms with Crippen molar-refractivity contribution in [3.63, 3.8) is 0 Å². The van der Waals surface area contributed by atoms with Gasteiger partial charge in [-0.05, 0) is 42.0 Å². The topological polar surface area (TPSA) is 17.1 Å². The molecule has 0 heterocycles. The lowest BCUT2D eigenvalue weighted by molar-refractivity contribution is 0.104. The first-order valence-electron chi connectivity index (χ1n) is 5.44. The van der Waals surface area contributed by atoms with Crippen LogP contribution in [0.15, 0.2) is 30.3 Å². The van der Waals surface area contributed by atoms with Crippen LogP contribution in [-0.2, 0) is 0 Å². The third kappa shape index (κ3) is 1.09. The third-order valence-electron chi connectivity index (χ3n) is 3.40. The van der Waals surface area contributed by atoms with Gasteiger partial charge in [-0.25, -0.2) is 0 Å². The highest BCUT2D eigenvalue weighted by molar-refractivity contribution is 6.20. The first-order chi connectivity index (χ1) is 7.68. The van der Waals surface area contributed by atoms with Crippen LogP contribution in [0.1, 0.15) is 27.0 Å². The Kier molecular flexibility index (Phi) is 1.78. The Labute approximate surface area is 94.4 Å². The van der Waals surface area contributed by atoms with Crippen molar-refractivity contribution in [2.45, 2.75) is 13.8 Å². The van der Waals surface area contributed by atoms with Crippen molar-refractivity contribution in [1.29, 1.82) is 0 Å². The molecule has 0 bridgehead atoms. The van der Waals surface area contributed by atoms with Gasteiger partial charge >= 0.3 is 0 Å². The zero-order valence-electron chi connectivity index (χ0n) is 9.37. The summed E-state index contributed by atoms with van der Waals surface area (Å²) in [4.78, 5) is 11.8. The van der Waals surface area contributed by atoms with Gasteiger partial charge in [0.15, 0.2) is 5.78 Å². The van der Waals surface area contributed by atoms with E-state index in [2.05, 4.69) is 26.0 Å². The summed E-state index contributed by atoms with van der Waals surface area (Å²) in [5.41, 5.74) is 4.54. The summed E-state index contributed by atoms with van der Waals surface area (Å²) in [6, 6.07) is 8.12. The quantitative estimate of drug-likeness (QED) is 0.645. The molecule has 0 atom stereocenters. The fourth-order valence-electron chi connectivity index (χ4n) is 2.39. The van der Waals surface area contributed by atoms with Crippen LogP contribution in [-0.4, -0.2) is 5.78 Å². The van der Waals surface area contributed by atoms with Crippen LogP contribution in [0.25, 0.3) is 16.8 Å². The molecule has 1 aliphatic rings. The lowest BCUT2D eigenvalue weighted by Gasteiger charge is -2.15. The molecule has 0 spiro atoms. The second-order valence-electron chi connectivity index (χ2n) is 4.33. The van der Waals surface area contributed by atoms with Crippen molar-refractivity contribution < 1.29 is 4.79 Å². The van der Waals surface area contributed by atoms with Crippen LogP contribution in [0.4, 0.5) is 0 Å². The molecular formula is C15H12O. The number of carbonyl (C=O) groups is 1. The Bertz CT molecular complexity index is 648. The van der Waals surface area contributed by atoms with Crippen LogP contribution in [0, 0.1) is 13.8 Å². The van der Waals surface area contributed by atoms with Gasteiger partial charge in [0.05, 0.1) is 0 Å². The zero-order chi connectivity index (χ0) is 11.3. The van der Waals surface area contributed by atoms with Gasteiger partial charge in [0.1, 0.15) is 0 Å². The number of allylic oxidation sites excluding steroid dienone is 1. The van der Waals surface area contributed by atoms with E-state index < -0.39 is 0 Å². The number of hydrogen-bond acceptors (Lipinski definition) is 1. The van der Waals surface area contributed by atoms with E-state index in [1.807, 2.05) is 18.2 Å². The highest BCUT2D eigenvalue weighted by atomic mass is 16.1. The van der Waals surface area contributed by atoms with Crippen LogP contribution in [0.5, 0.6) is 0 Å². The molecule has 0 aliphatic heterocycles. The maximum Gasteiger partial charge on any atom is 0.186 e. The number of ketones is 1. The molecule has 1 heteroatoms. The first-order valence-corrected chi connectivity index (χ1v) is 5.44. The summed E-state index contributed by atoms with van der Waals surface area (Å²) in [7, 11) is 0. The molecule has 0 fully saturated rings. The first kappa shape index (κ1) is 9.34. The molecule has 2 aromatic carbocycles. The average molecular weight is 208 g/mol. The van der Waals surface area contributed by atoms with Crippen LogP contribution in [0.2, 0.25) is 0 Å². The van der Waals surface area contributed by atoms with Gasteiger partial charge in [-0.1, -0.05) is 30.3 Å². The molecule has 0 radical (unpaired) electrons. The van der Waals surface area contributed by atoms with Crippen molar-refractivity contribution in [3.8, 4) is 0 Å². The Morgan fingerprint density at radius 1 is 1.06 bits per heavy atom. The summed E-state index contributed by atoms with van der Waals surface area (Å²) in [5, 5.41) is 2.31. The van der Waals surface area contributed by atoms with Gasteiger partial charge in [0.25, 0.3) is 0 Å². The SMILES string of the molecule is Cc1cc2c3c(cccc3c1C)C(=O)C=C2. The molecule has 2 aromatic rings. The van der Waals surface area contributed by atoms with E-state index in [0.29, 0.717) is 0 Å². The number of aryl methyl sites for hydroxylation is 2. The summed E-state index contributed by atoms with van der Waals surface area (Å²) >= 11 is 0. The van der Waals surface area contributed by atoms with Crippen molar-refractivity contribution in [2.75, 3.05) is 0 Å². The van der Waals surface area contributed by atoms with Gasteiger partial charge in [0.2, 0.25) is 0 Å². The minimum Gasteiger partial charge on any atom is -0.289 e. The van der Waals surface area contributed by atoms with Crippen molar-refractivity contribution >= 4 is 22.6 Å². The summed E-state index contributed by atoms with van der Waals surface area (Å²) < 4.78 is 0. The minimum atomic E-state index is 0.112. The van der Waals surface area contributed by atoms with Crippen LogP contribution in [0.3, 0.4) is 0 Å². The molecule has 0 saturated carbocycles. The summed E-state index contributed by atoms with van der Waals surface area (Å²) in [6.07, 6.45) is 3.58. The fraction of sp³-hybridized carbons (Fsp3) is 0.133. The highest BCUT2D eigenvalue weighted by Crippen LogP contribution is 2.32. The maximum atomic E-state index is 11.8. The molecule has 1 nitrogen and oxygen atoms in total. The van der Waals surface area contributed by atoms with Crippen LogP contribution >= 0.6 is 0 Å². The van der Waals surface area contributed by atoms with Gasteiger partial charge in [-0.2, -0.15) is 0 Å². The lowest BCUT2D eigenvalue weighted by atomic mass is 9.88. The molecular weight excluding hydrogens is 196 g/mol. The monoisotopic (exact) mass is 208 g/mol. The lowest BCUT2D eigenvalue weighted by Crippen LogP contribution is -2.02. The van der Waals surface area contributed by atoms with Crippen molar-refractivity contribution in [3.05, 3.63) is 52.6 Å². The van der Waals surface area contributed by atoms with Gasteiger partial charge in [-0.3, -0.25) is 4.79 Å². The van der Waals surface area contributed by atoms with E-state index >= 15 is 0 Å². The van der Waals surface area contributed by atoms with E-state index in [-0.39, 0.29) is 5.78 Å². The number of carbonyl (C=O) groups excluding carboxylic acids is 1. The smallest absolute Gasteiger partial charge is 0.186 e. The van der Waals surface area contributed by atoms with E-state index in [0.717, 1.165) is 16.5 Å². The van der Waals surface area contributed by atoms with Crippen molar-refractivity contribution in [1.82, 2.24) is 0 Å². The Morgan fingerprint density at radius 3 is 2.69 bits per heavy atom. The molecule has 0 aromatic heterocycles. The zero-order valence-corrected chi connectivity index (χ0v) is 9.37. The van der Waals surface area contributed by atoms with E-state index in [1.165, 1.54) is 16.5 Å². The second kappa shape index (κ2) is 3.05. The summed E-state index contributed by atoms with van der Waals surface area (Å²) in [5.74, 6) is 0.112. The standard InChI is InChI=1S/C15H12O/c1-9-8-11-6-7-14(16)13-5-3-4-12(10(9)2)15(11)13/h3-8H,1-2H3. The second-order valence-corrected chi connectivity index (χ2v) is 4.33. The fourth-order valence-corrected chi connectivity index (χ4v) is 2.39. The van der Waals surface area contributed by atoms with E-state index in [9.17, 15) is 4.79 Å². The molecule has 3 rings (SSSR count). The van der Waals surface area contributed by atoms with Gasteiger partial charge in [-0.15, -0.1) is 0 Å². The Hall–Kier alpha value is -1.89.